The number of fused-ring (bicyclic) bond motifs is 1. The predicted molar refractivity (Wildman–Crippen MR) is 119 cm³/mol. The zero-order valence-electron chi connectivity index (χ0n) is 18.6. The summed E-state index contributed by atoms with van der Waals surface area (Å²) in [5.74, 6) is -2.10. The van der Waals surface area contributed by atoms with Crippen molar-refractivity contribution in [2.45, 2.75) is 44.6 Å². The number of nitrogens with one attached hydrogen (secondary N) is 3. The first-order chi connectivity index (χ1) is 16.4. The molecular weight excluding hydrogens is 442 g/mol. The van der Waals surface area contributed by atoms with Gasteiger partial charge in [0.05, 0.1) is 6.04 Å². The van der Waals surface area contributed by atoms with E-state index in [0.29, 0.717) is 11.5 Å². The lowest BCUT2D eigenvalue weighted by Gasteiger charge is -2.25. The van der Waals surface area contributed by atoms with E-state index in [1.54, 1.807) is 24.3 Å². The first-order valence-electron chi connectivity index (χ1n) is 11.4. The maximum Gasteiger partial charge on any atom is 0.244 e. The van der Waals surface area contributed by atoms with Gasteiger partial charge < -0.3 is 20.1 Å². The molecule has 0 aromatic heterocycles. The maximum absolute atomic E-state index is 13.0. The second-order valence-electron chi connectivity index (χ2n) is 8.65. The number of ketones is 1. The molecule has 2 heterocycles. The third-order valence-electron chi connectivity index (χ3n) is 6.28. The van der Waals surface area contributed by atoms with E-state index in [1.807, 2.05) is 0 Å². The van der Waals surface area contributed by atoms with E-state index in [4.69, 9.17) is 9.47 Å². The number of carbonyl (C=O) groups is 5. The summed E-state index contributed by atoms with van der Waals surface area (Å²) in [5, 5.41) is 7.54. The van der Waals surface area contributed by atoms with Gasteiger partial charge in [-0.3, -0.25) is 29.3 Å². The Bertz CT molecular complexity index is 1030. The van der Waals surface area contributed by atoms with Gasteiger partial charge in [-0.1, -0.05) is 18.9 Å². The molecule has 2 atom stereocenters. The Labute approximate surface area is 196 Å². The lowest BCUT2D eigenvalue weighted by atomic mass is 9.87. The number of Topliss-reactive ketones (excluding diaryl/α,β-unsaturated/α-hetero) is 1. The average Bonchev–Trinajstić information content (AvgIpc) is 3.56. The molecule has 3 N–H and O–H groups in total. The summed E-state index contributed by atoms with van der Waals surface area (Å²) in [6.07, 6.45) is 6.24. The van der Waals surface area contributed by atoms with Crippen molar-refractivity contribution < 1.29 is 33.4 Å². The second-order valence-corrected chi connectivity index (χ2v) is 8.65. The highest BCUT2D eigenvalue weighted by molar-refractivity contribution is 6.15. The number of imide groups is 1. The quantitative estimate of drug-likeness (QED) is 0.277. The van der Waals surface area contributed by atoms with Crippen LogP contribution in [0.3, 0.4) is 0 Å². The van der Waals surface area contributed by atoms with Gasteiger partial charge in [-0.15, -0.1) is 0 Å². The Hall–Kier alpha value is -3.69. The molecule has 2 aliphatic heterocycles. The summed E-state index contributed by atoms with van der Waals surface area (Å²) >= 11 is 0. The highest BCUT2D eigenvalue weighted by Crippen LogP contribution is 2.33. The van der Waals surface area contributed by atoms with Crippen molar-refractivity contribution >= 4 is 35.5 Å². The van der Waals surface area contributed by atoms with Crippen LogP contribution in [0.4, 0.5) is 0 Å². The van der Waals surface area contributed by atoms with Crippen molar-refractivity contribution in [3.8, 4) is 11.5 Å². The molecule has 3 aliphatic rings. The zero-order chi connectivity index (χ0) is 24.1. The first-order valence-corrected chi connectivity index (χ1v) is 11.4. The van der Waals surface area contributed by atoms with E-state index in [9.17, 15) is 24.0 Å². The smallest absolute Gasteiger partial charge is 0.244 e. The molecule has 1 aromatic rings. The van der Waals surface area contributed by atoms with Crippen molar-refractivity contribution in [1.82, 2.24) is 16.0 Å². The molecular formula is C24H27N3O7. The Morgan fingerprint density at radius 1 is 1.12 bits per heavy atom. The van der Waals surface area contributed by atoms with E-state index in [2.05, 4.69) is 16.0 Å². The Balaban J connectivity index is 1.26. The fourth-order valence-corrected chi connectivity index (χ4v) is 4.50. The minimum Gasteiger partial charge on any atom is -0.454 e. The van der Waals surface area contributed by atoms with Crippen molar-refractivity contribution in [2.75, 3.05) is 13.3 Å². The molecule has 1 saturated carbocycles. The van der Waals surface area contributed by atoms with Gasteiger partial charge in [0, 0.05) is 25.5 Å². The Morgan fingerprint density at radius 3 is 2.62 bits per heavy atom. The molecule has 1 aliphatic carbocycles. The molecule has 34 heavy (non-hydrogen) atoms. The van der Waals surface area contributed by atoms with E-state index in [-0.39, 0.29) is 38.0 Å². The van der Waals surface area contributed by atoms with E-state index >= 15 is 0 Å². The van der Waals surface area contributed by atoms with Crippen molar-refractivity contribution in [3.05, 3.63) is 29.8 Å². The molecule has 4 rings (SSSR count). The summed E-state index contributed by atoms with van der Waals surface area (Å²) in [6.45, 7) is 0.258. The van der Waals surface area contributed by atoms with Crippen LogP contribution in [0.15, 0.2) is 24.3 Å². The summed E-state index contributed by atoms with van der Waals surface area (Å²) in [6, 6.07) is 4.51. The van der Waals surface area contributed by atoms with Crippen LogP contribution in [0, 0.1) is 11.8 Å². The standard InChI is InChI=1S/C24H27N3O7/c28-19(8-6-14-5-7-17-18(11-14)34-13-33-17)25-10-9-20(29)26-22(15-3-1-2-4-15)23(31)16-12-21(30)27-24(16)32/h5-8,11,15-16,22H,1-4,9-10,12-13H2,(H,25,28)(H,26,29)(H,27,30,32)/b8-6+. The molecule has 1 saturated heterocycles. The summed E-state index contributed by atoms with van der Waals surface area (Å²) in [7, 11) is 0. The number of benzene rings is 1. The molecule has 0 spiro atoms. The molecule has 4 amide bonds. The highest BCUT2D eigenvalue weighted by Gasteiger charge is 2.42. The van der Waals surface area contributed by atoms with Crippen LogP contribution in [0.5, 0.6) is 11.5 Å². The minimum atomic E-state index is -1.06. The molecule has 1 aromatic carbocycles. The highest BCUT2D eigenvalue weighted by atomic mass is 16.7. The number of hydrogen-bond donors (Lipinski definition) is 3. The van der Waals surface area contributed by atoms with E-state index < -0.39 is 35.5 Å². The van der Waals surface area contributed by atoms with Gasteiger partial charge in [-0.2, -0.15) is 0 Å². The Morgan fingerprint density at radius 2 is 1.88 bits per heavy atom. The lowest BCUT2D eigenvalue weighted by Crippen LogP contribution is -2.49. The van der Waals surface area contributed by atoms with Crippen LogP contribution in [0.2, 0.25) is 0 Å². The first kappa shape index (κ1) is 23.5. The van der Waals surface area contributed by atoms with Gasteiger partial charge in [-0.25, -0.2) is 0 Å². The van der Waals surface area contributed by atoms with Crippen molar-refractivity contribution in [2.24, 2.45) is 11.8 Å². The summed E-state index contributed by atoms with van der Waals surface area (Å²) < 4.78 is 10.6. The van der Waals surface area contributed by atoms with Crippen LogP contribution in [-0.4, -0.2) is 48.8 Å². The SMILES string of the molecule is O=C(/C=C/c1ccc2c(c1)OCO2)NCCC(=O)NC(C(=O)C1CC(=O)NC1=O)C1CCCC1. The van der Waals surface area contributed by atoms with Crippen LogP contribution < -0.4 is 25.4 Å². The van der Waals surface area contributed by atoms with Gasteiger partial charge >= 0.3 is 0 Å². The largest absolute Gasteiger partial charge is 0.454 e. The zero-order valence-corrected chi connectivity index (χ0v) is 18.6. The van der Waals surface area contributed by atoms with Gasteiger partial charge in [-0.05, 0) is 42.5 Å². The molecule has 0 radical (unpaired) electrons. The van der Waals surface area contributed by atoms with Crippen LogP contribution >= 0.6 is 0 Å². The van der Waals surface area contributed by atoms with E-state index in [1.165, 1.54) is 6.08 Å². The third-order valence-corrected chi connectivity index (χ3v) is 6.28. The fourth-order valence-electron chi connectivity index (χ4n) is 4.50. The van der Waals surface area contributed by atoms with Crippen molar-refractivity contribution in [3.63, 3.8) is 0 Å². The lowest BCUT2D eigenvalue weighted by molar-refractivity contribution is -0.136. The normalized spacial score (nSPS) is 20.4. The van der Waals surface area contributed by atoms with Crippen LogP contribution in [0.1, 0.15) is 44.1 Å². The summed E-state index contributed by atoms with van der Waals surface area (Å²) in [4.78, 5) is 61.1. The maximum atomic E-state index is 13.0. The molecule has 10 heteroatoms. The topological polar surface area (TPSA) is 140 Å². The second kappa shape index (κ2) is 10.5. The van der Waals surface area contributed by atoms with Gasteiger partial charge in [0.2, 0.25) is 30.4 Å². The molecule has 180 valence electrons. The monoisotopic (exact) mass is 469 g/mol. The molecule has 0 bridgehead atoms. The molecule has 2 fully saturated rings. The minimum absolute atomic E-state index is 0.0180. The predicted octanol–water partition coefficient (Wildman–Crippen LogP) is 0.842. The third kappa shape index (κ3) is 5.62. The number of amides is 4. The summed E-state index contributed by atoms with van der Waals surface area (Å²) in [5.41, 5.74) is 0.768. The molecule has 10 nitrogen and oxygen atoms in total. The van der Waals surface area contributed by atoms with Crippen LogP contribution in [0.25, 0.3) is 6.08 Å². The number of ether oxygens (including phenoxy) is 2. The average molecular weight is 469 g/mol. The number of hydrogen-bond acceptors (Lipinski definition) is 7. The van der Waals surface area contributed by atoms with E-state index in [0.717, 1.165) is 31.2 Å². The van der Waals surface area contributed by atoms with Gasteiger partial charge in [0.25, 0.3) is 0 Å². The van der Waals surface area contributed by atoms with Crippen molar-refractivity contribution in [1.29, 1.82) is 0 Å². The number of carbonyl (C=O) groups excluding carboxylic acids is 5. The number of rotatable bonds is 9. The Kier molecular flexibility index (Phi) is 7.24. The van der Waals surface area contributed by atoms with Gasteiger partial charge in [0.15, 0.2) is 17.3 Å². The fraction of sp³-hybridized carbons (Fsp3) is 0.458. The molecule has 2 unspecified atom stereocenters. The van der Waals surface area contributed by atoms with Gasteiger partial charge in [0.1, 0.15) is 5.92 Å². The van der Waals surface area contributed by atoms with Crippen LogP contribution in [-0.2, 0) is 24.0 Å².